The first-order valence-corrected chi connectivity index (χ1v) is 10.5. The van der Waals surface area contributed by atoms with Crippen LogP contribution in [0.15, 0.2) is 36.4 Å². The van der Waals surface area contributed by atoms with Gasteiger partial charge in [-0.05, 0) is 12.1 Å². The van der Waals surface area contributed by atoms with Gasteiger partial charge in [-0.25, -0.2) is 8.42 Å². The fourth-order valence-corrected chi connectivity index (χ4v) is 4.36. The number of aliphatic hydroxyl groups is 2. The lowest BCUT2D eigenvalue weighted by molar-refractivity contribution is -0.395. The van der Waals surface area contributed by atoms with Crippen LogP contribution in [-0.4, -0.2) is 49.8 Å². The summed E-state index contributed by atoms with van der Waals surface area (Å²) in [6, 6.07) is 4.36. The molecule has 2 aromatic carbocycles. The topological polar surface area (TPSA) is 247 Å². The van der Waals surface area contributed by atoms with Crippen molar-refractivity contribution in [2.24, 2.45) is 0 Å². The molecular weight excluding hydrogens is 472 g/mol. The van der Waals surface area contributed by atoms with Gasteiger partial charge in [0.25, 0.3) is 22.7 Å². The van der Waals surface area contributed by atoms with Gasteiger partial charge in [-0.1, -0.05) is 0 Å². The van der Waals surface area contributed by atoms with Gasteiger partial charge >= 0.3 is 0 Å². The summed E-state index contributed by atoms with van der Waals surface area (Å²) in [6.07, 6.45) is -4.04. The first kappa shape index (κ1) is 25.2. The van der Waals surface area contributed by atoms with Crippen molar-refractivity contribution in [2.75, 3.05) is 11.5 Å². The van der Waals surface area contributed by atoms with Crippen molar-refractivity contribution in [1.29, 1.82) is 0 Å². The first-order valence-electron chi connectivity index (χ1n) is 8.65. The maximum absolute atomic E-state index is 12.4. The molecule has 33 heavy (non-hydrogen) atoms. The number of nitro groups is 4. The summed E-state index contributed by atoms with van der Waals surface area (Å²) >= 11 is 0. The number of hydrogen-bond donors (Lipinski definition) is 2. The van der Waals surface area contributed by atoms with Crippen LogP contribution in [0.2, 0.25) is 0 Å². The molecule has 0 radical (unpaired) electrons. The molecule has 0 aliphatic carbocycles. The summed E-state index contributed by atoms with van der Waals surface area (Å²) in [5.41, 5.74) is -4.21. The van der Waals surface area contributed by atoms with E-state index in [4.69, 9.17) is 0 Å². The smallest absolute Gasteiger partial charge is 0.282 e. The lowest BCUT2D eigenvalue weighted by atomic mass is 10.1. The Morgan fingerprint density at radius 2 is 1.00 bits per heavy atom. The summed E-state index contributed by atoms with van der Waals surface area (Å²) in [4.78, 5) is 40.0. The van der Waals surface area contributed by atoms with Gasteiger partial charge in [-0.15, -0.1) is 0 Å². The van der Waals surface area contributed by atoms with Crippen molar-refractivity contribution in [1.82, 2.24) is 0 Å². The van der Waals surface area contributed by atoms with Gasteiger partial charge in [0.05, 0.1) is 66.7 Å². The minimum Gasteiger partial charge on any atom is -0.387 e. The Balaban J connectivity index is 2.30. The molecule has 0 amide bonds. The highest BCUT2D eigenvalue weighted by Crippen LogP contribution is 2.33. The summed E-state index contributed by atoms with van der Waals surface area (Å²) < 4.78 is 24.9. The Labute approximate surface area is 183 Å². The minimum absolute atomic E-state index is 0.537. The molecule has 2 atom stereocenters. The van der Waals surface area contributed by atoms with Crippen LogP contribution in [-0.2, 0) is 9.84 Å². The number of aliphatic hydroxyl groups excluding tert-OH is 2. The SMILES string of the molecule is O=[N+]([O-])c1ccc(C(O)CS(=O)(=O)CC(O)c2ccc([N+](=O)[O-])cc2[N+](=O)[O-])c([N+](=O)[O-])c1. The molecule has 0 aliphatic rings. The normalized spacial score (nSPS) is 13.2. The Hall–Kier alpha value is -4.09. The first-order chi connectivity index (χ1) is 15.2. The van der Waals surface area contributed by atoms with Crippen LogP contribution in [0.3, 0.4) is 0 Å². The van der Waals surface area contributed by atoms with E-state index in [-0.39, 0.29) is 0 Å². The van der Waals surface area contributed by atoms with E-state index in [9.17, 15) is 59.1 Å². The van der Waals surface area contributed by atoms with Crippen LogP contribution < -0.4 is 0 Å². The second-order valence-corrected chi connectivity index (χ2v) is 8.78. The fraction of sp³-hybridized carbons (Fsp3) is 0.250. The number of rotatable bonds is 10. The molecule has 2 rings (SSSR count). The Morgan fingerprint density at radius 3 is 1.27 bits per heavy atom. The van der Waals surface area contributed by atoms with E-state index in [2.05, 4.69) is 0 Å². The molecule has 0 aliphatic heterocycles. The molecule has 0 saturated heterocycles. The van der Waals surface area contributed by atoms with Gasteiger partial charge in [-0.2, -0.15) is 0 Å². The van der Waals surface area contributed by atoms with Crippen LogP contribution in [0.1, 0.15) is 23.3 Å². The Kier molecular flexibility index (Phi) is 7.31. The van der Waals surface area contributed by atoms with Crippen LogP contribution in [0.4, 0.5) is 22.7 Å². The molecule has 0 saturated carbocycles. The zero-order chi connectivity index (χ0) is 25.1. The van der Waals surface area contributed by atoms with Crippen molar-refractivity contribution in [2.45, 2.75) is 12.2 Å². The zero-order valence-corrected chi connectivity index (χ0v) is 17.0. The van der Waals surface area contributed by atoms with E-state index < -0.39 is 87.1 Å². The quantitative estimate of drug-likeness (QED) is 0.358. The third-order valence-electron chi connectivity index (χ3n) is 4.38. The van der Waals surface area contributed by atoms with Gasteiger partial charge in [-0.3, -0.25) is 40.5 Å². The van der Waals surface area contributed by atoms with Crippen LogP contribution in [0.25, 0.3) is 0 Å². The van der Waals surface area contributed by atoms with Crippen LogP contribution in [0.5, 0.6) is 0 Å². The van der Waals surface area contributed by atoms with E-state index in [0.717, 1.165) is 24.3 Å². The molecule has 0 spiro atoms. The molecule has 2 N–H and O–H groups in total. The Morgan fingerprint density at radius 1 is 0.667 bits per heavy atom. The fourth-order valence-electron chi connectivity index (χ4n) is 2.90. The van der Waals surface area contributed by atoms with E-state index in [1.807, 2.05) is 0 Å². The van der Waals surface area contributed by atoms with Gasteiger partial charge in [0.2, 0.25) is 0 Å². The molecule has 0 heterocycles. The second kappa shape index (κ2) is 9.59. The number of non-ortho nitro benzene ring substituents is 2. The maximum Gasteiger partial charge on any atom is 0.282 e. The van der Waals surface area contributed by atoms with Crippen LogP contribution in [0, 0.1) is 40.5 Å². The summed E-state index contributed by atoms with van der Waals surface area (Å²) in [5.74, 6) is -2.33. The zero-order valence-electron chi connectivity index (χ0n) is 16.2. The number of sulfone groups is 1. The van der Waals surface area contributed by atoms with E-state index in [0.29, 0.717) is 12.1 Å². The largest absolute Gasteiger partial charge is 0.387 e. The molecule has 16 nitrogen and oxygen atoms in total. The van der Waals surface area contributed by atoms with Gasteiger partial charge < -0.3 is 10.2 Å². The Bertz CT molecular complexity index is 1160. The minimum atomic E-state index is -4.43. The second-order valence-electron chi connectivity index (χ2n) is 6.62. The molecule has 0 aromatic heterocycles. The lowest BCUT2D eigenvalue weighted by Gasteiger charge is -2.15. The number of benzene rings is 2. The molecule has 0 fully saturated rings. The monoisotopic (exact) mass is 486 g/mol. The summed E-state index contributed by atoms with van der Waals surface area (Å²) in [5, 5.41) is 64.4. The highest BCUT2D eigenvalue weighted by atomic mass is 32.2. The van der Waals surface area contributed by atoms with Gasteiger partial charge in [0.1, 0.15) is 0 Å². The maximum atomic E-state index is 12.4. The van der Waals surface area contributed by atoms with Gasteiger partial charge in [0.15, 0.2) is 9.84 Å². The van der Waals surface area contributed by atoms with E-state index in [1.54, 1.807) is 0 Å². The highest BCUT2D eigenvalue weighted by molar-refractivity contribution is 7.91. The average Bonchev–Trinajstić information content (AvgIpc) is 2.71. The van der Waals surface area contributed by atoms with Crippen molar-refractivity contribution in [3.63, 3.8) is 0 Å². The third kappa shape index (κ3) is 5.99. The molecular formula is C16H14N4O12S. The van der Waals surface area contributed by atoms with Crippen molar-refractivity contribution in [3.05, 3.63) is 88.0 Å². The highest BCUT2D eigenvalue weighted by Gasteiger charge is 2.31. The molecule has 0 bridgehead atoms. The molecule has 2 aromatic rings. The number of hydrogen-bond acceptors (Lipinski definition) is 12. The molecule has 176 valence electrons. The molecule has 2 unspecified atom stereocenters. The summed E-state index contributed by atoms with van der Waals surface area (Å²) in [7, 11) is -4.43. The number of nitro benzene ring substituents is 4. The molecule has 17 heteroatoms. The lowest BCUT2D eigenvalue weighted by Crippen LogP contribution is -2.22. The van der Waals surface area contributed by atoms with Gasteiger partial charge in [0, 0.05) is 12.1 Å². The standard InChI is InChI=1S/C16H14N4O12S/c21-15(11-3-1-9(17(23)24)5-13(11)19(27)28)7-33(31,32)8-16(22)12-4-2-10(18(25)26)6-14(12)20(29)30/h1-6,15-16,21-22H,7-8H2. The number of nitrogens with zero attached hydrogens (tertiary/aromatic N) is 4. The predicted molar refractivity (Wildman–Crippen MR) is 108 cm³/mol. The van der Waals surface area contributed by atoms with Crippen molar-refractivity contribution < 1.29 is 38.3 Å². The van der Waals surface area contributed by atoms with E-state index >= 15 is 0 Å². The third-order valence-corrected chi connectivity index (χ3v) is 6.03. The average molecular weight is 486 g/mol. The predicted octanol–water partition coefficient (Wildman–Crippen LogP) is 1.50. The van der Waals surface area contributed by atoms with Crippen molar-refractivity contribution in [3.8, 4) is 0 Å². The van der Waals surface area contributed by atoms with Crippen LogP contribution >= 0.6 is 0 Å². The van der Waals surface area contributed by atoms with E-state index in [1.165, 1.54) is 0 Å². The van der Waals surface area contributed by atoms with Crippen molar-refractivity contribution >= 4 is 32.6 Å². The summed E-state index contributed by atoms with van der Waals surface area (Å²) in [6.45, 7) is 0.